The third-order valence-electron chi connectivity index (χ3n) is 6.80. The summed E-state index contributed by atoms with van der Waals surface area (Å²) in [5, 5.41) is 9.66. The normalized spacial score (nSPS) is 15.8. The van der Waals surface area contributed by atoms with Gasteiger partial charge in [-0.2, -0.15) is 0 Å². The number of aromatic nitrogens is 7. The number of halogens is 2. The van der Waals surface area contributed by atoms with Crippen molar-refractivity contribution in [2.75, 3.05) is 13.2 Å². The maximum Gasteiger partial charge on any atom is 0.141 e. The Morgan fingerprint density at radius 1 is 1.06 bits per heavy atom. The molecule has 6 rings (SSSR count). The molecule has 1 aliphatic heterocycles. The van der Waals surface area contributed by atoms with Gasteiger partial charge in [0.2, 0.25) is 0 Å². The highest BCUT2D eigenvalue weighted by Crippen LogP contribution is 2.40. The van der Waals surface area contributed by atoms with E-state index in [0.29, 0.717) is 18.4 Å². The van der Waals surface area contributed by atoms with Crippen LogP contribution in [0.2, 0.25) is 5.15 Å². The number of hydrogen-bond acceptors (Lipinski definition) is 6. The van der Waals surface area contributed by atoms with Gasteiger partial charge < -0.3 is 9.30 Å². The van der Waals surface area contributed by atoms with Gasteiger partial charge in [0, 0.05) is 43.6 Å². The number of ether oxygens (including phenoxy) is 1. The van der Waals surface area contributed by atoms with Crippen molar-refractivity contribution in [3.8, 4) is 11.3 Å². The molecule has 5 aromatic rings. The molecule has 10 heteroatoms. The lowest BCUT2D eigenvalue weighted by molar-refractivity contribution is 0.0547. The second kappa shape index (κ2) is 8.66. The van der Waals surface area contributed by atoms with E-state index < -0.39 is 0 Å². The molecule has 0 bridgehead atoms. The van der Waals surface area contributed by atoms with Crippen LogP contribution in [0, 0.1) is 18.7 Å². The molecular formula is C25H23ClFN7O. The Hall–Kier alpha value is -3.43. The molecule has 0 radical (unpaired) electrons. The molecule has 0 saturated carbocycles. The fourth-order valence-corrected chi connectivity index (χ4v) is 5.39. The largest absolute Gasteiger partial charge is 0.381 e. The first kappa shape index (κ1) is 22.1. The molecule has 0 aliphatic carbocycles. The molecule has 0 unspecified atom stereocenters. The summed E-state index contributed by atoms with van der Waals surface area (Å²) in [7, 11) is 1.87. The van der Waals surface area contributed by atoms with Gasteiger partial charge in [0.15, 0.2) is 0 Å². The summed E-state index contributed by atoms with van der Waals surface area (Å²) in [5.74, 6) is -0.131. The van der Waals surface area contributed by atoms with Gasteiger partial charge in [0.25, 0.3) is 0 Å². The zero-order valence-corrected chi connectivity index (χ0v) is 20.1. The predicted molar refractivity (Wildman–Crippen MR) is 131 cm³/mol. The highest BCUT2D eigenvalue weighted by molar-refractivity contribution is 6.30. The number of fused-ring (bicyclic) bond motifs is 3. The standard InChI is InChI=1S/C25H23ClFN7O/c1-14-24(33(2)32-31-14)16-9-21-23(30-11-16)18-13-29-22(26)10-20(18)34(21)25(15-5-7-35-8-6-15)19-4-3-17(27)12-28-19/h3-4,9-13,15,25H,5-8H2,1-2H3/t25-/m1/s1. The fraction of sp³-hybridized carbons (Fsp3) is 0.320. The second-order valence-corrected chi connectivity index (χ2v) is 9.32. The van der Waals surface area contributed by atoms with Crippen LogP contribution in [0.1, 0.15) is 30.3 Å². The highest BCUT2D eigenvalue weighted by atomic mass is 35.5. The molecular weight excluding hydrogens is 469 g/mol. The molecule has 1 atom stereocenters. The molecule has 1 saturated heterocycles. The molecule has 1 aliphatic rings. The highest BCUT2D eigenvalue weighted by Gasteiger charge is 2.31. The molecule has 8 nitrogen and oxygen atoms in total. The van der Waals surface area contributed by atoms with E-state index in [2.05, 4.69) is 30.9 Å². The van der Waals surface area contributed by atoms with Gasteiger partial charge in [-0.15, -0.1) is 5.10 Å². The zero-order valence-electron chi connectivity index (χ0n) is 19.3. The molecule has 6 heterocycles. The van der Waals surface area contributed by atoms with Gasteiger partial charge in [0.05, 0.1) is 45.9 Å². The van der Waals surface area contributed by atoms with Gasteiger partial charge in [0.1, 0.15) is 11.0 Å². The van der Waals surface area contributed by atoms with Gasteiger partial charge in [-0.05, 0) is 49.9 Å². The van der Waals surface area contributed by atoms with E-state index in [1.54, 1.807) is 16.9 Å². The maximum absolute atomic E-state index is 13.8. The van der Waals surface area contributed by atoms with Crippen molar-refractivity contribution in [3.63, 3.8) is 0 Å². The summed E-state index contributed by atoms with van der Waals surface area (Å²) in [6, 6.07) is 7.04. The molecule has 0 N–H and O–H groups in total. The quantitative estimate of drug-likeness (QED) is 0.333. The molecule has 0 aromatic carbocycles. The van der Waals surface area contributed by atoms with Gasteiger partial charge in [-0.25, -0.2) is 14.1 Å². The Bertz CT molecular complexity index is 1520. The van der Waals surface area contributed by atoms with Crippen LogP contribution in [-0.4, -0.2) is 47.7 Å². The summed E-state index contributed by atoms with van der Waals surface area (Å²) in [6.45, 7) is 3.27. The van der Waals surface area contributed by atoms with Crippen molar-refractivity contribution >= 4 is 33.5 Å². The number of rotatable bonds is 4. The summed E-state index contributed by atoms with van der Waals surface area (Å²) >= 11 is 6.38. The van der Waals surface area contributed by atoms with Crippen molar-refractivity contribution in [2.45, 2.75) is 25.8 Å². The molecule has 1 fully saturated rings. The smallest absolute Gasteiger partial charge is 0.141 e. The molecule has 35 heavy (non-hydrogen) atoms. The van der Waals surface area contributed by atoms with Crippen LogP contribution in [0.5, 0.6) is 0 Å². The third-order valence-corrected chi connectivity index (χ3v) is 7.01. The Kier molecular flexibility index (Phi) is 5.46. The van der Waals surface area contributed by atoms with E-state index in [0.717, 1.165) is 57.4 Å². The third kappa shape index (κ3) is 3.75. The molecule has 178 valence electrons. The summed E-state index contributed by atoms with van der Waals surface area (Å²) in [4.78, 5) is 13.7. The van der Waals surface area contributed by atoms with E-state index in [1.165, 1.54) is 12.3 Å². The second-order valence-electron chi connectivity index (χ2n) is 8.93. The van der Waals surface area contributed by atoms with Crippen LogP contribution in [0.4, 0.5) is 4.39 Å². The van der Waals surface area contributed by atoms with Crippen molar-refractivity contribution in [1.29, 1.82) is 0 Å². The monoisotopic (exact) mass is 491 g/mol. The Labute approximate surface area is 205 Å². The Balaban J connectivity index is 1.67. The SMILES string of the molecule is Cc1nnn(C)c1-c1cnc2c3cnc(Cl)cc3n([C@@H](c3ccc(F)cn3)C3CCOCC3)c2c1. The van der Waals surface area contributed by atoms with Crippen molar-refractivity contribution < 1.29 is 9.13 Å². The minimum atomic E-state index is -0.364. The average molecular weight is 492 g/mol. The van der Waals surface area contributed by atoms with Crippen LogP contribution >= 0.6 is 11.6 Å². The lowest BCUT2D eigenvalue weighted by Gasteiger charge is -2.32. The lowest BCUT2D eigenvalue weighted by Crippen LogP contribution is -2.27. The minimum absolute atomic E-state index is 0.166. The first-order chi connectivity index (χ1) is 17.0. The van der Waals surface area contributed by atoms with Gasteiger partial charge in [-0.1, -0.05) is 16.8 Å². The summed E-state index contributed by atoms with van der Waals surface area (Å²) in [6.07, 6.45) is 6.60. The number of pyridine rings is 3. The van der Waals surface area contributed by atoms with E-state index in [9.17, 15) is 4.39 Å². The van der Waals surface area contributed by atoms with E-state index >= 15 is 0 Å². The fourth-order valence-electron chi connectivity index (χ4n) is 5.24. The van der Waals surface area contributed by atoms with Crippen molar-refractivity contribution in [3.05, 3.63) is 65.2 Å². The van der Waals surface area contributed by atoms with Gasteiger partial charge >= 0.3 is 0 Å². The van der Waals surface area contributed by atoms with Crippen LogP contribution in [0.25, 0.3) is 33.2 Å². The zero-order chi connectivity index (χ0) is 24.1. The van der Waals surface area contributed by atoms with Gasteiger partial charge in [-0.3, -0.25) is 9.97 Å². The number of aryl methyl sites for hydroxylation is 2. The van der Waals surface area contributed by atoms with Crippen LogP contribution < -0.4 is 0 Å². The number of hydrogen-bond donors (Lipinski definition) is 0. The Morgan fingerprint density at radius 2 is 1.89 bits per heavy atom. The van der Waals surface area contributed by atoms with Crippen LogP contribution in [0.3, 0.4) is 0 Å². The lowest BCUT2D eigenvalue weighted by atomic mass is 9.89. The van der Waals surface area contributed by atoms with Crippen LogP contribution in [0.15, 0.2) is 42.9 Å². The number of nitrogens with zero attached hydrogens (tertiary/aromatic N) is 7. The van der Waals surface area contributed by atoms with E-state index in [-0.39, 0.29) is 17.8 Å². The van der Waals surface area contributed by atoms with Crippen molar-refractivity contribution in [1.82, 2.24) is 34.5 Å². The minimum Gasteiger partial charge on any atom is -0.381 e. The maximum atomic E-state index is 13.8. The summed E-state index contributed by atoms with van der Waals surface area (Å²) in [5.41, 5.74) is 6.06. The van der Waals surface area contributed by atoms with Crippen LogP contribution in [-0.2, 0) is 11.8 Å². The topological polar surface area (TPSA) is 83.5 Å². The van der Waals surface area contributed by atoms with E-state index in [1.807, 2.05) is 26.2 Å². The molecule has 0 amide bonds. The first-order valence-electron chi connectivity index (χ1n) is 11.5. The predicted octanol–water partition coefficient (Wildman–Crippen LogP) is 4.89. The first-order valence-corrected chi connectivity index (χ1v) is 11.9. The molecule has 0 spiro atoms. The molecule has 5 aromatic heterocycles. The summed E-state index contributed by atoms with van der Waals surface area (Å²) < 4.78 is 23.5. The van der Waals surface area contributed by atoms with E-state index in [4.69, 9.17) is 21.3 Å². The Morgan fingerprint density at radius 3 is 2.60 bits per heavy atom. The average Bonchev–Trinajstić information content (AvgIpc) is 3.36. The van der Waals surface area contributed by atoms with Crippen molar-refractivity contribution in [2.24, 2.45) is 13.0 Å².